The molecule has 0 N–H and O–H groups in total. The van der Waals surface area contributed by atoms with Gasteiger partial charge in [-0.15, -0.1) is 0 Å². The SMILES string of the molecule is [C-]#[N+]c1ccc2c(c1)c1cc(-c3c4ccccc4c(-c4ccc5c(c4)nc(-c4ccccc4)c4cc6ccccc6nc45)c4ccccc34)ccc1n2-c1ccccc1.c1ccc(-c2nc(-c3ccccc3)nc(-c3c4ccccc4c(-c4ccc5c(c4)nc(-c4ccccc4)c4cc6ccccc6nc45)c4ccccc34)n2)cc1. The van der Waals surface area contributed by atoms with E-state index in [-0.39, 0.29) is 0 Å². The Morgan fingerprint density at radius 3 is 0.974 bits per heavy atom. The second kappa shape index (κ2) is 27.4. The molecule has 23 rings (SSSR count). The molecule has 0 aliphatic carbocycles. The van der Waals surface area contributed by atoms with Gasteiger partial charge in [0.15, 0.2) is 23.2 Å². The molecule has 115 heavy (non-hydrogen) atoms. The zero-order chi connectivity index (χ0) is 76.0. The van der Waals surface area contributed by atoms with Gasteiger partial charge in [0.05, 0.1) is 62.1 Å². The van der Waals surface area contributed by atoms with Crippen molar-refractivity contribution in [2.45, 2.75) is 0 Å². The fraction of sp³-hybridized carbons (Fsp3) is 0. The van der Waals surface area contributed by atoms with Gasteiger partial charge in [0.25, 0.3) is 0 Å². The highest BCUT2D eigenvalue weighted by atomic mass is 15.0. The number of hydrogen-bond donors (Lipinski definition) is 0. The number of benzene rings is 17. The van der Waals surface area contributed by atoms with Crippen LogP contribution in [0.25, 0.3) is 231 Å². The third kappa shape index (κ3) is 11.3. The zero-order valence-electron chi connectivity index (χ0n) is 61.9. The number of hydrogen-bond acceptors (Lipinski definition) is 7. The molecule has 0 unspecified atom stereocenters. The monoisotopic (exact) mass is 1460 g/mol. The van der Waals surface area contributed by atoms with Gasteiger partial charge in [0, 0.05) is 71.2 Å². The summed E-state index contributed by atoms with van der Waals surface area (Å²) < 4.78 is 2.31. The van der Waals surface area contributed by atoms with Crippen molar-refractivity contribution in [1.29, 1.82) is 0 Å². The molecule has 9 nitrogen and oxygen atoms in total. The van der Waals surface area contributed by atoms with Gasteiger partial charge in [-0.1, -0.05) is 297 Å². The fourth-order valence-electron chi connectivity index (χ4n) is 17.4. The van der Waals surface area contributed by atoms with Crippen molar-refractivity contribution in [3.05, 3.63) is 394 Å². The van der Waals surface area contributed by atoms with E-state index in [2.05, 4.69) is 288 Å². The van der Waals surface area contributed by atoms with Crippen molar-refractivity contribution in [1.82, 2.24) is 39.5 Å². The third-order valence-corrected chi connectivity index (χ3v) is 22.6. The normalized spacial score (nSPS) is 11.6. The lowest BCUT2D eigenvalue weighted by molar-refractivity contribution is 1.08. The first-order valence-electron chi connectivity index (χ1n) is 38.6. The second-order valence-electron chi connectivity index (χ2n) is 29.2. The minimum Gasteiger partial charge on any atom is -0.309 e. The van der Waals surface area contributed by atoms with Gasteiger partial charge >= 0.3 is 0 Å². The maximum Gasteiger partial charge on any atom is 0.188 e. The predicted octanol–water partition coefficient (Wildman–Crippen LogP) is 27.7. The summed E-state index contributed by atoms with van der Waals surface area (Å²) in [6.45, 7) is 7.82. The first-order valence-corrected chi connectivity index (χ1v) is 38.6. The Bertz CT molecular complexity index is 7790. The van der Waals surface area contributed by atoms with Crippen LogP contribution in [0.2, 0.25) is 0 Å². The van der Waals surface area contributed by atoms with Crippen LogP contribution in [-0.4, -0.2) is 39.5 Å². The van der Waals surface area contributed by atoms with Crippen molar-refractivity contribution < 1.29 is 0 Å². The van der Waals surface area contributed by atoms with Crippen LogP contribution >= 0.6 is 0 Å². The van der Waals surface area contributed by atoms with Crippen LogP contribution in [0.5, 0.6) is 0 Å². The number of aromatic nitrogens is 8. The number of nitrogens with zero attached hydrogens (tertiary/aromatic N) is 9. The number of fused-ring (bicyclic) bond motifs is 15. The van der Waals surface area contributed by atoms with Crippen LogP contribution in [0.4, 0.5) is 5.69 Å². The molecule has 0 saturated heterocycles. The number of para-hydroxylation sites is 3. The van der Waals surface area contributed by atoms with E-state index in [4.69, 9.17) is 41.5 Å². The molecule has 0 aliphatic heterocycles. The molecule has 9 heteroatoms. The molecule has 532 valence electrons. The minimum absolute atomic E-state index is 0.633. The topological polar surface area (TPSA) is 99.5 Å². The summed E-state index contributed by atoms with van der Waals surface area (Å²) in [4.78, 5) is 40.5. The van der Waals surface area contributed by atoms with E-state index in [1.807, 2.05) is 103 Å². The van der Waals surface area contributed by atoms with Gasteiger partial charge in [-0.2, -0.15) is 0 Å². The maximum atomic E-state index is 7.82. The van der Waals surface area contributed by atoms with E-state index in [9.17, 15) is 0 Å². The predicted molar refractivity (Wildman–Crippen MR) is 477 cm³/mol. The lowest BCUT2D eigenvalue weighted by Crippen LogP contribution is -2.01. The zero-order valence-corrected chi connectivity index (χ0v) is 61.9. The summed E-state index contributed by atoms with van der Waals surface area (Å²) in [6.07, 6.45) is 0. The average Bonchev–Trinajstić information content (AvgIpc) is 1.71. The molecule has 0 saturated carbocycles. The van der Waals surface area contributed by atoms with Gasteiger partial charge in [-0.3, -0.25) is 0 Å². The summed E-state index contributed by atoms with van der Waals surface area (Å²) in [5.41, 5.74) is 23.2. The maximum absolute atomic E-state index is 7.82. The molecule has 0 atom stereocenters. The Balaban J connectivity index is 0.000000140. The van der Waals surface area contributed by atoms with E-state index in [0.29, 0.717) is 23.2 Å². The van der Waals surface area contributed by atoms with E-state index >= 15 is 0 Å². The molecule has 23 aromatic rings. The molecule has 17 aromatic carbocycles. The van der Waals surface area contributed by atoms with Gasteiger partial charge < -0.3 is 4.57 Å². The van der Waals surface area contributed by atoms with Crippen LogP contribution in [0.3, 0.4) is 0 Å². The van der Waals surface area contributed by atoms with Crippen LogP contribution < -0.4 is 0 Å². The highest BCUT2D eigenvalue weighted by Crippen LogP contribution is 2.49. The number of pyridine rings is 4. The smallest absolute Gasteiger partial charge is 0.188 e. The van der Waals surface area contributed by atoms with E-state index in [1.165, 1.54) is 32.7 Å². The van der Waals surface area contributed by atoms with E-state index in [1.54, 1.807) is 0 Å². The van der Waals surface area contributed by atoms with Crippen LogP contribution in [0.1, 0.15) is 0 Å². The third-order valence-electron chi connectivity index (χ3n) is 22.6. The van der Waals surface area contributed by atoms with Gasteiger partial charge in [0.2, 0.25) is 0 Å². The Hall–Kier alpha value is -15.8. The van der Waals surface area contributed by atoms with Crippen molar-refractivity contribution in [3.8, 4) is 95.7 Å². The van der Waals surface area contributed by atoms with Crippen molar-refractivity contribution in [2.24, 2.45) is 0 Å². The summed E-state index contributed by atoms with van der Waals surface area (Å²) in [5, 5.41) is 17.6. The highest BCUT2D eigenvalue weighted by Gasteiger charge is 2.25. The summed E-state index contributed by atoms with van der Waals surface area (Å²) in [7, 11) is 0. The highest BCUT2D eigenvalue weighted by molar-refractivity contribution is 6.25. The van der Waals surface area contributed by atoms with Gasteiger partial charge in [-0.25, -0.2) is 39.7 Å². The molecule has 0 fully saturated rings. The lowest BCUT2D eigenvalue weighted by atomic mass is 9.85. The Kier molecular flexibility index (Phi) is 15.8. The van der Waals surface area contributed by atoms with Gasteiger partial charge in [-0.05, 0) is 167 Å². The molecule has 6 heterocycles. The largest absolute Gasteiger partial charge is 0.309 e. The number of rotatable bonds is 9. The molecule has 0 spiro atoms. The van der Waals surface area contributed by atoms with Crippen molar-refractivity contribution >= 4 is 136 Å². The molecular weight excluding hydrogens is 1400 g/mol. The molecule has 6 aromatic heterocycles. The minimum atomic E-state index is 0.633. The van der Waals surface area contributed by atoms with Crippen LogP contribution in [0.15, 0.2) is 382 Å². The molecule has 0 radical (unpaired) electrons. The van der Waals surface area contributed by atoms with E-state index in [0.717, 1.165) is 176 Å². The standard InChI is InChI=1S/C55H32N4.C51H31N5/c1-56-38-26-29-51-46(33-38)45-31-36(25-28-50(45)59(51)39-17-6-3-7-18-39)52-40-19-9-11-21-42(40)53(43-22-12-10-20-41(43)52)37-24-27-44-49(32-37)58-54(34-14-4-2-5-15-34)47-30-35-16-8-13-23-48(35)57-55(44)47;1-4-16-32(17-5-1)47-42-30-35-22-10-15-27-43(35)52-48(42)41-29-28-36(31-44(41)53-47)45-37-23-11-13-25-39(37)46(40-26-14-12-24-38(40)45)51-55-49(33-18-6-2-7-19-33)54-50(56-51)34-20-8-3-9-21-34/h2-33H;1-31H. The Morgan fingerprint density at radius 1 is 0.209 bits per heavy atom. The van der Waals surface area contributed by atoms with Crippen LogP contribution in [-0.2, 0) is 0 Å². The Labute approximate surface area is 660 Å². The second-order valence-corrected chi connectivity index (χ2v) is 29.2. The summed E-state index contributed by atoms with van der Waals surface area (Å²) in [6, 6.07) is 134. The van der Waals surface area contributed by atoms with Gasteiger partial charge in [0.1, 0.15) is 0 Å². The molecule has 0 aliphatic rings. The first kappa shape index (κ1) is 66.2. The summed E-state index contributed by atoms with van der Waals surface area (Å²) >= 11 is 0. The quantitative estimate of drug-likeness (QED) is 0.0806. The average molecular weight is 1460 g/mol. The van der Waals surface area contributed by atoms with E-state index < -0.39 is 0 Å². The molecular formula is C106H63N9. The lowest BCUT2D eigenvalue weighted by Gasteiger charge is -2.18. The first-order chi connectivity index (χ1) is 57.0. The Morgan fingerprint density at radius 2 is 0.548 bits per heavy atom. The fourth-order valence-corrected chi connectivity index (χ4v) is 17.4. The summed E-state index contributed by atoms with van der Waals surface area (Å²) in [5.74, 6) is 1.90. The van der Waals surface area contributed by atoms with Crippen molar-refractivity contribution in [3.63, 3.8) is 0 Å². The molecule has 0 bridgehead atoms. The van der Waals surface area contributed by atoms with Crippen molar-refractivity contribution in [2.75, 3.05) is 0 Å². The molecule has 0 amide bonds. The van der Waals surface area contributed by atoms with Crippen LogP contribution in [0, 0.1) is 6.57 Å².